The Labute approximate surface area is 309 Å². The third kappa shape index (κ3) is 4.05. The Bertz CT molecular complexity index is 2930. The standard InChI is InChI=1S/C48H28N2S2/c1-3-17-43-41(15-1)49-39-23-21-33(27-37(39)35-13-7-19-45(51-43)47(35)49)31-11-5-9-29(25-31)30-10-6-12-32(26-30)34-22-24-40-38(28-34)36-14-8-20-46-48(36)50(40)42-16-2-4-18-44(42)52-46/h1-28H. The van der Waals surface area contributed by atoms with Gasteiger partial charge in [0.15, 0.2) is 0 Å². The van der Waals surface area contributed by atoms with E-state index in [-0.39, 0.29) is 0 Å². The maximum Gasteiger partial charge on any atom is 0.0681 e. The van der Waals surface area contributed by atoms with Crippen molar-refractivity contribution in [2.45, 2.75) is 19.6 Å². The molecule has 0 atom stereocenters. The third-order valence-corrected chi connectivity index (χ3v) is 13.1. The maximum atomic E-state index is 2.46. The van der Waals surface area contributed by atoms with Crippen molar-refractivity contribution >= 4 is 67.1 Å². The van der Waals surface area contributed by atoms with E-state index in [0.717, 1.165) is 0 Å². The average molecular weight is 697 g/mol. The van der Waals surface area contributed by atoms with Crippen molar-refractivity contribution in [2.75, 3.05) is 0 Å². The first kappa shape index (κ1) is 28.7. The van der Waals surface area contributed by atoms with Crippen LogP contribution >= 0.6 is 23.5 Å². The van der Waals surface area contributed by atoms with Gasteiger partial charge in [-0.1, -0.05) is 121 Å². The molecule has 2 aliphatic rings. The normalized spacial score (nSPS) is 12.8. The molecule has 2 nitrogen and oxygen atoms in total. The molecule has 0 spiro atoms. The molecular formula is C48H28N2S2. The molecule has 0 bridgehead atoms. The summed E-state index contributed by atoms with van der Waals surface area (Å²) in [5.74, 6) is 0. The Balaban J connectivity index is 0.951. The fourth-order valence-corrected chi connectivity index (χ4v) is 10.7. The Morgan fingerprint density at radius 3 is 1.13 bits per heavy atom. The van der Waals surface area contributed by atoms with E-state index in [9.17, 15) is 0 Å². The molecule has 4 heterocycles. The fourth-order valence-electron chi connectivity index (χ4n) is 8.55. The van der Waals surface area contributed by atoms with Crippen LogP contribution in [-0.4, -0.2) is 9.13 Å². The highest BCUT2D eigenvalue weighted by atomic mass is 32.2. The summed E-state index contributed by atoms with van der Waals surface area (Å²) in [6.45, 7) is 0. The van der Waals surface area contributed by atoms with Gasteiger partial charge in [-0.3, -0.25) is 0 Å². The molecule has 0 fully saturated rings. The molecule has 242 valence electrons. The zero-order valence-electron chi connectivity index (χ0n) is 27.9. The fraction of sp³-hybridized carbons (Fsp3) is 0. The van der Waals surface area contributed by atoms with E-state index in [2.05, 4.69) is 179 Å². The highest BCUT2D eigenvalue weighted by molar-refractivity contribution is 8.00. The van der Waals surface area contributed by atoms with Crippen LogP contribution in [0.4, 0.5) is 0 Å². The number of aromatic nitrogens is 2. The minimum absolute atomic E-state index is 1.22. The van der Waals surface area contributed by atoms with E-state index in [1.54, 1.807) is 0 Å². The lowest BCUT2D eigenvalue weighted by molar-refractivity contribution is 1.09. The summed E-state index contributed by atoms with van der Waals surface area (Å²) in [6.07, 6.45) is 0. The monoisotopic (exact) mass is 696 g/mol. The van der Waals surface area contributed by atoms with Crippen molar-refractivity contribution in [3.8, 4) is 44.8 Å². The van der Waals surface area contributed by atoms with E-state index in [4.69, 9.17) is 0 Å². The van der Waals surface area contributed by atoms with E-state index >= 15 is 0 Å². The molecule has 0 N–H and O–H groups in total. The Hall–Kier alpha value is -5.94. The SMILES string of the molecule is c1cc(-c2cccc(-c3ccc4c(c3)c3cccc5c3n4-c3ccccc3S5)c2)cc(-c2ccc3c(c2)c2cccc4c2n3-c2ccccc2S4)c1. The lowest BCUT2D eigenvalue weighted by Gasteiger charge is -2.19. The second-order valence-electron chi connectivity index (χ2n) is 13.7. The average Bonchev–Trinajstić information content (AvgIpc) is 3.73. The van der Waals surface area contributed by atoms with Gasteiger partial charge in [0.1, 0.15) is 0 Å². The molecule has 52 heavy (non-hydrogen) atoms. The zero-order valence-corrected chi connectivity index (χ0v) is 29.5. The number of rotatable bonds is 3. The van der Waals surface area contributed by atoms with E-state index in [1.165, 1.54) is 108 Å². The van der Waals surface area contributed by atoms with Crippen LogP contribution in [-0.2, 0) is 0 Å². The number of nitrogens with zero attached hydrogens (tertiary/aromatic N) is 2. The number of para-hydroxylation sites is 4. The molecule has 0 radical (unpaired) electrons. The van der Waals surface area contributed by atoms with Gasteiger partial charge in [0.25, 0.3) is 0 Å². The lowest BCUT2D eigenvalue weighted by Crippen LogP contribution is -2.00. The molecule has 0 saturated heterocycles. The predicted molar refractivity (Wildman–Crippen MR) is 220 cm³/mol. The highest BCUT2D eigenvalue weighted by Crippen LogP contribution is 2.49. The lowest BCUT2D eigenvalue weighted by atomic mass is 9.95. The molecule has 0 aliphatic carbocycles. The van der Waals surface area contributed by atoms with Crippen LogP contribution in [0.15, 0.2) is 189 Å². The van der Waals surface area contributed by atoms with Gasteiger partial charge in [-0.05, 0) is 106 Å². The molecular weight excluding hydrogens is 669 g/mol. The summed E-state index contributed by atoms with van der Waals surface area (Å²) in [7, 11) is 0. The van der Waals surface area contributed by atoms with Crippen LogP contribution in [0, 0.1) is 0 Å². The summed E-state index contributed by atoms with van der Waals surface area (Å²) in [6, 6.07) is 62.9. The third-order valence-electron chi connectivity index (χ3n) is 10.9. The molecule has 0 amide bonds. The van der Waals surface area contributed by atoms with Crippen LogP contribution in [0.1, 0.15) is 0 Å². The topological polar surface area (TPSA) is 9.86 Å². The molecule has 2 aromatic heterocycles. The highest BCUT2D eigenvalue weighted by Gasteiger charge is 2.24. The van der Waals surface area contributed by atoms with Gasteiger partial charge in [0, 0.05) is 41.1 Å². The second kappa shape index (κ2) is 10.8. The number of hydrogen-bond donors (Lipinski definition) is 0. The Kier molecular flexibility index (Phi) is 5.96. The van der Waals surface area contributed by atoms with Gasteiger partial charge in [-0.2, -0.15) is 0 Å². The van der Waals surface area contributed by atoms with E-state index in [0.29, 0.717) is 0 Å². The van der Waals surface area contributed by atoms with Gasteiger partial charge in [0.05, 0.1) is 33.4 Å². The van der Waals surface area contributed by atoms with Gasteiger partial charge in [-0.25, -0.2) is 0 Å². The molecule has 2 aliphatic heterocycles. The van der Waals surface area contributed by atoms with Gasteiger partial charge < -0.3 is 9.13 Å². The van der Waals surface area contributed by atoms with Crippen molar-refractivity contribution in [2.24, 2.45) is 0 Å². The molecule has 4 heteroatoms. The summed E-state index contributed by atoms with van der Waals surface area (Å²) in [5.41, 5.74) is 15.0. The first-order chi connectivity index (χ1) is 25.8. The minimum atomic E-state index is 1.22. The van der Waals surface area contributed by atoms with Crippen molar-refractivity contribution in [1.29, 1.82) is 0 Å². The second-order valence-corrected chi connectivity index (χ2v) is 15.9. The Morgan fingerprint density at radius 2 is 0.673 bits per heavy atom. The van der Waals surface area contributed by atoms with Crippen LogP contribution in [0.25, 0.3) is 88.4 Å². The number of benzene rings is 8. The van der Waals surface area contributed by atoms with Crippen molar-refractivity contribution in [1.82, 2.24) is 9.13 Å². The minimum Gasteiger partial charge on any atom is -0.307 e. The summed E-state index contributed by atoms with van der Waals surface area (Å²) in [5, 5.41) is 5.20. The maximum absolute atomic E-state index is 2.46. The van der Waals surface area contributed by atoms with Crippen LogP contribution in [0.3, 0.4) is 0 Å². The molecule has 0 unspecified atom stereocenters. The van der Waals surface area contributed by atoms with E-state index in [1.807, 2.05) is 23.5 Å². The quantitative estimate of drug-likeness (QED) is 0.182. The summed E-state index contributed by atoms with van der Waals surface area (Å²) >= 11 is 3.74. The van der Waals surface area contributed by atoms with Gasteiger partial charge in [0.2, 0.25) is 0 Å². The summed E-state index contributed by atoms with van der Waals surface area (Å²) < 4.78 is 4.91. The molecule has 8 aromatic carbocycles. The first-order valence-electron chi connectivity index (χ1n) is 17.7. The van der Waals surface area contributed by atoms with Gasteiger partial charge >= 0.3 is 0 Å². The first-order valence-corrected chi connectivity index (χ1v) is 19.3. The van der Waals surface area contributed by atoms with Crippen molar-refractivity contribution in [3.63, 3.8) is 0 Å². The largest absolute Gasteiger partial charge is 0.307 e. The molecule has 0 saturated carbocycles. The van der Waals surface area contributed by atoms with Crippen LogP contribution < -0.4 is 0 Å². The number of hydrogen-bond acceptors (Lipinski definition) is 2. The van der Waals surface area contributed by atoms with Crippen molar-refractivity contribution < 1.29 is 0 Å². The molecule has 12 rings (SSSR count). The Morgan fingerprint density at radius 1 is 0.288 bits per heavy atom. The predicted octanol–water partition coefficient (Wildman–Crippen LogP) is 13.8. The van der Waals surface area contributed by atoms with Crippen LogP contribution in [0.5, 0.6) is 0 Å². The van der Waals surface area contributed by atoms with Crippen LogP contribution in [0.2, 0.25) is 0 Å². The van der Waals surface area contributed by atoms with E-state index < -0.39 is 0 Å². The smallest absolute Gasteiger partial charge is 0.0681 e. The molecule has 10 aromatic rings. The number of fused-ring (bicyclic) bond motifs is 10. The summed E-state index contributed by atoms with van der Waals surface area (Å²) in [4.78, 5) is 5.23. The van der Waals surface area contributed by atoms with Gasteiger partial charge in [-0.15, -0.1) is 0 Å². The zero-order chi connectivity index (χ0) is 33.9. The van der Waals surface area contributed by atoms with Crippen molar-refractivity contribution in [3.05, 3.63) is 170 Å².